The molecule has 1 fully saturated rings. The largest absolute Gasteiger partial charge is 0.394 e. The Bertz CT molecular complexity index is 881. The molecule has 2 N–H and O–H groups in total. The second-order valence-electron chi connectivity index (χ2n) is 5.94. The van der Waals surface area contributed by atoms with Gasteiger partial charge in [-0.15, -0.1) is 0 Å². The summed E-state index contributed by atoms with van der Waals surface area (Å²) in [7, 11) is 1.64. The topological polar surface area (TPSA) is 119 Å². The van der Waals surface area contributed by atoms with Crippen molar-refractivity contribution in [2.24, 2.45) is 7.05 Å². The lowest BCUT2D eigenvalue weighted by Crippen LogP contribution is -2.41. The van der Waals surface area contributed by atoms with E-state index in [0.717, 1.165) is 6.20 Å². The number of hydrogen-bond acceptors (Lipinski definition) is 7. The first-order chi connectivity index (χ1) is 12.2. The third-order valence-corrected chi connectivity index (χ3v) is 4.07. The second-order valence-corrected chi connectivity index (χ2v) is 5.94. The zero-order valence-electron chi connectivity index (χ0n) is 13.6. The molecule has 3 atom stereocenters. The molecule has 1 saturated heterocycles. The summed E-state index contributed by atoms with van der Waals surface area (Å²) in [5, 5.41) is 22.4. The van der Waals surface area contributed by atoms with E-state index >= 15 is 0 Å². The number of halogens is 2. The Hall–Kier alpha value is -2.50. The van der Waals surface area contributed by atoms with Crippen LogP contribution in [0.4, 0.5) is 8.78 Å². The zero-order chi connectivity index (χ0) is 19.1. The summed E-state index contributed by atoms with van der Waals surface area (Å²) in [6.45, 7) is -0.826. The van der Waals surface area contributed by atoms with Gasteiger partial charge < -0.3 is 14.9 Å². The summed E-state index contributed by atoms with van der Waals surface area (Å²) in [5.74, 6) is -4.12. The highest BCUT2D eigenvalue weighted by Gasteiger charge is 2.59. The predicted octanol–water partition coefficient (Wildman–Crippen LogP) is -0.712. The van der Waals surface area contributed by atoms with Crippen molar-refractivity contribution in [2.45, 2.75) is 30.8 Å². The summed E-state index contributed by atoms with van der Waals surface area (Å²) < 4.78 is 35.1. The highest BCUT2D eigenvalue weighted by atomic mass is 19.3. The van der Waals surface area contributed by atoms with Gasteiger partial charge in [-0.1, -0.05) is 0 Å². The molecule has 11 heteroatoms. The second kappa shape index (κ2) is 6.67. The lowest BCUT2D eigenvalue weighted by atomic mass is 10.1. The smallest absolute Gasteiger partial charge is 0.350 e. The molecule has 9 nitrogen and oxygen atoms in total. The Morgan fingerprint density at radius 3 is 2.73 bits per heavy atom. The van der Waals surface area contributed by atoms with Crippen LogP contribution < -0.4 is 5.69 Å². The van der Waals surface area contributed by atoms with Gasteiger partial charge in [0, 0.05) is 19.4 Å². The van der Waals surface area contributed by atoms with E-state index in [-0.39, 0.29) is 17.9 Å². The maximum absolute atomic E-state index is 14.1. The van der Waals surface area contributed by atoms with Crippen LogP contribution in [0.3, 0.4) is 0 Å². The van der Waals surface area contributed by atoms with E-state index < -0.39 is 36.7 Å². The van der Waals surface area contributed by atoms with Gasteiger partial charge >= 0.3 is 11.6 Å². The van der Waals surface area contributed by atoms with Crippen LogP contribution in [0.5, 0.6) is 0 Å². The van der Waals surface area contributed by atoms with Gasteiger partial charge in [0.15, 0.2) is 11.9 Å². The molecule has 2 aromatic heterocycles. The minimum absolute atomic E-state index is 0.0978. The molecule has 0 spiro atoms. The van der Waals surface area contributed by atoms with Crippen molar-refractivity contribution in [3.63, 3.8) is 0 Å². The van der Waals surface area contributed by atoms with Crippen LogP contribution in [0.2, 0.25) is 0 Å². The lowest BCUT2D eigenvalue weighted by molar-refractivity contribution is -0.141. The van der Waals surface area contributed by atoms with Gasteiger partial charge in [-0.05, 0) is 6.07 Å². The van der Waals surface area contributed by atoms with Crippen molar-refractivity contribution >= 4 is 5.78 Å². The van der Waals surface area contributed by atoms with E-state index in [1.807, 2.05) is 0 Å². The number of carbonyl (C=O) groups excluding carboxylic acids is 1. The number of nitrogens with zero attached hydrogens (tertiary/aromatic N) is 4. The Balaban J connectivity index is 1.82. The maximum Gasteiger partial charge on any atom is 0.350 e. The Morgan fingerprint density at radius 2 is 2.19 bits per heavy atom. The Kier molecular flexibility index (Phi) is 4.69. The van der Waals surface area contributed by atoms with Crippen molar-refractivity contribution in [2.75, 3.05) is 6.61 Å². The standard InChI is InChI=1S/C15H16F2N4O5/c1-20-6-8(5-18-20)10(23)4-9-2-3-21(14(25)19-9)13-15(16,17)12(24)11(7-22)26-13/h2-3,5-6,11-13,22,24H,4,7H2,1H3/t11-,12-,13-/m1/s1. The average Bonchev–Trinajstić information content (AvgIpc) is 3.11. The van der Waals surface area contributed by atoms with E-state index in [1.165, 1.54) is 23.1 Å². The highest BCUT2D eigenvalue weighted by molar-refractivity contribution is 5.96. The molecule has 26 heavy (non-hydrogen) atoms. The van der Waals surface area contributed by atoms with Crippen molar-refractivity contribution in [1.29, 1.82) is 0 Å². The molecule has 1 aliphatic heterocycles. The molecule has 140 valence electrons. The van der Waals surface area contributed by atoms with Gasteiger partial charge in [-0.2, -0.15) is 18.9 Å². The molecule has 0 amide bonds. The van der Waals surface area contributed by atoms with Crippen molar-refractivity contribution in [3.8, 4) is 0 Å². The number of alkyl halides is 2. The SMILES string of the molecule is Cn1cc(C(=O)Cc2ccn([C@@H]3O[C@H](CO)[C@@H](O)C3(F)F)c(=O)n2)cn1. The number of rotatable bonds is 5. The van der Waals surface area contributed by atoms with Crippen LogP contribution in [0, 0.1) is 0 Å². The molecule has 0 bridgehead atoms. The van der Waals surface area contributed by atoms with E-state index in [9.17, 15) is 23.5 Å². The van der Waals surface area contributed by atoms with Gasteiger partial charge in [0.2, 0.25) is 6.23 Å². The minimum Gasteiger partial charge on any atom is -0.394 e. The van der Waals surface area contributed by atoms with Crippen molar-refractivity contribution in [1.82, 2.24) is 19.3 Å². The number of carbonyl (C=O) groups is 1. The molecule has 0 aliphatic carbocycles. The fourth-order valence-electron chi connectivity index (χ4n) is 2.68. The van der Waals surface area contributed by atoms with Gasteiger partial charge in [-0.25, -0.2) is 4.79 Å². The van der Waals surface area contributed by atoms with Crippen LogP contribution in [0.1, 0.15) is 22.3 Å². The first kappa shape index (κ1) is 18.3. The molecule has 2 aromatic rings. The van der Waals surface area contributed by atoms with Gasteiger partial charge in [0.25, 0.3) is 0 Å². The first-order valence-electron chi connectivity index (χ1n) is 7.66. The van der Waals surface area contributed by atoms with Gasteiger partial charge in [-0.3, -0.25) is 14.0 Å². The summed E-state index contributed by atoms with van der Waals surface area (Å²) in [4.78, 5) is 27.8. The van der Waals surface area contributed by atoms with Crippen LogP contribution >= 0.6 is 0 Å². The fourth-order valence-corrected chi connectivity index (χ4v) is 2.68. The average molecular weight is 370 g/mol. The van der Waals surface area contributed by atoms with Crippen LogP contribution in [-0.2, 0) is 18.2 Å². The predicted molar refractivity (Wildman–Crippen MR) is 81.7 cm³/mol. The third kappa shape index (κ3) is 3.16. The number of ether oxygens (including phenoxy) is 1. The van der Waals surface area contributed by atoms with Crippen LogP contribution in [0.25, 0.3) is 0 Å². The summed E-state index contributed by atoms with van der Waals surface area (Å²) >= 11 is 0. The zero-order valence-corrected chi connectivity index (χ0v) is 13.6. The van der Waals surface area contributed by atoms with Crippen LogP contribution in [-0.4, -0.2) is 60.1 Å². The first-order valence-corrected chi connectivity index (χ1v) is 7.66. The fraction of sp³-hybridized carbons (Fsp3) is 0.467. The van der Waals surface area contributed by atoms with Gasteiger partial charge in [0.05, 0.1) is 30.5 Å². The molecule has 3 rings (SSSR count). The molecule has 3 heterocycles. The Labute approximate surface area is 145 Å². The molecule has 1 aliphatic rings. The van der Waals surface area contributed by atoms with E-state index in [2.05, 4.69) is 10.1 Å². The number of aliphatic hydroxyl groups excluding tert-OH is 2. The summed E-state index contributed by atoms with van der Waals surface area (Å²) in [6, 6.07) is 1.24. The number of ketones is 1. The number of aliphatic hydroxyl groups is 2. The quantitative estimate of drug-likeness (QED) is 0.667. The highest BCUT2D eigenvalue weighted by Crippen LogP contribution is 2.41. The number of aryl methyl sites for hydroxylation is 1. The number of hydrogen-bond donors (Lipinski definition) is 2. The van der Waals surface area contributed by atoms with Gasteiger partial charge in [0.1, 0.15) is 6.10 Å². The van der Waals surface area contributed by atoms with E-state index in [4.69, 9.17) is 9.84 Å². The molecular weight excluding hydrogens is 354 g/mol. The Morgan fingerprint density at radius 1 is 1.46 bits per heavy atom. The minimum atomic E-state index is -3.79. The summed E-state index contributed by atoms with van der Waals surface area (Å²) in [5.41, 5.74) is -0.629. The van der Waals surface area contributed by atoms with E-state index in [1.54, 1.807) is 7.05 Å². The monoisotopic (exact) mass is 370 g/mol. The summed E-state index contributed by atoms with van der Waals surface area (Å²) in [6.07, 6.45) is -2.18. The molecule has 0 unspecified atom stereocenters. The van der Waals surface area contributed by atoms with Crippen molar-refractivity contribution in [3.05, 3.63) is 46.4 Å². The molecular formula is C15H16F2N4O5. The molecule has 0 radical (unpaired) electrons. The van der Waals surface area contributed by atoms with E-state index in [0.29, 0.717) is 10.1 Å². The molecule has 0 saturated carbocycles. The lowest BCUT2D eigenvalue weighted by Gasteiger charge is -2.21. The number of Topliss-reactive ketones (excluding diaryl/α,β-unsaturated/α-hetero) is 1. The third-order valence-electron chi connectivity index (χ3n) is 4.07. The van der Waals surface area contributed by atoms with Crippen molar-refractivity contribution < 1.29 is 28.5 Å². The maximum atomic E-state index is 14.1. The molecule has 0 aromatic carbocycles. The number of aromatic nitrogens is 4. The normalized spacial score (nSPS) is 24.7. The van der Waals surface area contributed by atoms with Crippen LogP contribution in [0.15, 0.2) is 29.5 Å².